The Kier molecular flexibility index (Phi) is 9.13. The summed E-state index contributed by atoms with van der Waals surface area (Å²) in [6.45, 7) is 2.87. The molecule has 0 aliphatic carbocycles. The minimum Gasteiger partial charge on any atom is -0.356 e. The van der Waals surface area contributed by atoms with Gasteiger partial charge >= 0.3 is 6.18 Å². The molecule has 126 valence electrons. The number of hydrogen-bond acceptors (Lipinski definition) is 2. The van der Waals surface area contributed by atoms with E-state index < -0.39 is 11.7 Å². The van der Waals surface area contributed by atoms with E-state index in [1.807, 2.05) is 0 Å². The highest BCUT2D eigenvalue weighted by molar-refractivity contribution is 5.85. The van der Waals surface area contributed by atoms with E-state index in [2.05, 4.69) is 5.32 Å². The maximum absolute atomic E-state index is 12.6. The second-order valence-electron chi connectivity index (χ2n) is 5.07. The highest BCUT2D eigenvalue weighted by atomic mass is 35.5. The van der Waals surface area contributed by atoms with Crippen LogP contribution in [0.3, 0.4) is 0 Å². The monoisotopic (exact) mass is 338 g/mol. The second kappa shape index (κ2) is 9.69. The minimum absolute atomic E-state index is 0. The molecule has 0 aliphatic heterocycles. The van der Waals surface area contributed by atoms with Crippen molar-refractivity contribution < 1.29 is 18.0 Å². The van der Waals surface area contributed by atoms with Crippen molar-refractivity contribution in [3.8, 4) is 0 Å². The fraction of sp³-hybridized carbons (Fsp3) is 0.533. The summed E-state index contributed by atoms with van der Waals surface area (Å²) < 4.78 is 37.9. The molecule has 3 N–H and O–H groups in total. The normalized spacial score (nSPS) is 12.4. The van der Waals surface area contributed by atoms with Crippen LogP contribution in [0.2, 0.25) is 0 Å². The molecule has 1 amide bonds. The number of rotatable bonds is 7. The number of carbonyl (C=O) groups excluding carboxylic acids is 1. The number of unbranched alkanes of at least 4 members (excludes halogenated alkanes) is 1. The number of halogens is 4. The third-order valence-corrected chi connectivity index (χ3v) is 3.23. The van der Waals surface area contributed by atoms with Gasteiger partial charge in [-0.05, 0) is 36.9 Å². The highest BCUT2D eigenvalue weighted by Gasteiger charge is 2.30. The lowest BCUT2D eigenvalue weighted by molar-refractivity contribution is -0.137. The number of nitrogens with one attached hydrogen (secondary N) is 1. The molecule has 0 saturated carbocycles. The predicted octanol–water partition coefficient (Wildman–Crippen LogP) is 3.48. The van der Waals surface area contributed by atoms with Gasteiger partial charge in [-0.25, -0.2) is 0 Å². The molecule has 0 heterocycles. The van der Waals surface area contributed by atoms with Gasteiger partial charge in [-0.2, -0.15) is 13.2 Å². The van der Waals surface area contributed by atoms with E-state index in [9.17, 15) is 18.0 Å². The van der Waals surface area contributed by atoms with Crippen LogP contribution in [0, 0.1) is 0 Å². The fourth-order valence-electron chi connectivity index (χ4n) is 1.99. The summed E-state index contributed by atoms with van der Waals surface area (Å²) in [7, 11) is 0. The average molecular weight is 339 g/mol. The Balaban J connectivity index is 0.00000441. The smallest absolute Gasteiger partial charge is 0.356 e. The number of hydrogen-bond donors (Lipinski definition) is 2. The maximum atomic E-state index is 12.6. The fourth-order valence-corrected chi connectivity index (χ4v) is 1.99. The van der Waals surface area contributed by atoms with Gasteiger partial charge in [-0.3, -0.25) is 4.79 Å². The van der Waals surface area contributed by atoms with Crippen LogP contribution < -0.4 is 11.1 Å². The van der Waals surface area contributed by atoms with Gasteiger partial charge in [0.05, 0.1) is 5.56 Å². The molecule has 0 spiro atoms. The average Bonchev–Trinajstić information content (AvgIpc) is 2.43. The standard InChI is InChI=1S/C15H21F3N2O.ClH/c1-11(9-14(21)20-8-3-2-7-19)12-5-4-6-13(10-12)15(16,17)18;/h4-6,10-11H,2-3,7-9,19H2,1H3,(H,20,21);1H. The highest BCUT2D eigenvalue weighted by Crippen LogP contribution is 2.31. The summed E-state index contributed by atoms with van der Waals surface area (Å²) in [5, 5.41) is 2.75. The van der Waals surface area contributed by atoms with Crippen LogP contribution >= 0.6 is 12.4 Å². The molecular formula is C15H22ClF3N2O. The van der Waals surface area contributed by atoms with Crippen molar-refractivity contribution in [2.24, 2.45) is 5.73 Å². The molecule has 1 aromatic carbocycles. The Morgan fingerprint density at radius 2 is 2.00 bits per heavy atom. The molecule has 1 aromatic rings. The summed E-state index contributed by atoms with van der Waals surface area (Å²) in [5.41, 5.74) is 5.18. The van der Waals surface area contributed by atoms with E-state index in [4.69, 9.17) is 5.73 Å². The molecule has 3 nitrogen and oxygen atoms in total. The van der Waals surface area contributed by atoms with Gasteiger partial charge in [-0.15, -0.1) is 12.4 Å². The van der Waals surface area contributed by atoms with E-state index in [0.717, 1.165) is 25.0 Å². The summed E-state index contributed by atoms with van der Waals surface area (Å²) >= 11 is 0. The van der Waals surface area contributed by atoms with Crippen molar-refractivity contribution in [1.29, 1.82) is 0 Å². The van der Waals surface area contributed by atoms with Gasteiger partial charge in [0.25, 0.3) is 0 Å². The minimum atomic E-state index is -4.36. The molecule has 0 saturated heterocycles. The Labute approximate surface area is 134 Å². The van der Waals surface area contributed by atoms with Gasteiger partial charge in [-0.1, -0.05) is 25.1 Å². The van der Waals surface area contributed by atoms with Gasteiger partial charge in [0, 0.05) is 13.0 Å². The molecule has 0 aromatic heterocycles. The number of amides is 1. The lowest BCUT2D eigenvalue weighted by atomic mass is 9.95. The summed E-state index contributed by atoms with van der Waals surface area (Å²) in [4.78, 5) is 11.7. The zero-order valence-electron chi connectivity index (χ0n) is 12.5. The van der Waals surface area contributed by atoms with E-state index in [1.54, 1.807) is 13.0 Å². The Hall–Kier alpha value is -1.27. The maximum Gasteiger partial charge on any atom is 0.416 e. The Morgan fingerprint density at radius 1 is 1.32 bits per heavy atom. The summed E-state index contributed by atoms with van der Waals surface area (Å²) in [5.74, 6) is -0.418. The first-order chi connectivity index (χ1) is 9.84. The topological polar surface area (TPSA) is 55.1 Å². The van der Waals surface area contributed by atoms with E-state index in [-0.39, 0.29) is 30.7 Å². The largest absolute Gasteiger partial charge is 0.416 e. The van der Waals surface area contributed by atoms with Crippen LogP contribution in [-0.2, 0) is 11.0 Å². The zero-order chi connectivity index (χ0) is 15.9. The van der Waals surface area contributed by atoms with Crippen molar-refractivity contribution in [3.05, 3.63) is 35.4 Å². The quantitative estimate of drug-likeness (QED) is 0.748. The third kappa shape index (κ3) is 7.13. The molecule has 22 heavy (non-hydrogen) atoms. The Morgan fingerprint density at radius 3 is 2.59 bits per heavy atom. The molecule has 1 rings (SSSR count). The molecule has 1 atom stereocenters. The SMILES string of the molecule is CC(CC(=O)NCCCCN)c1cccc(C(F)(F)F)c1.Cl. The van der Waals surface area contributed by atoms with Gasteiger partial charge in [0.2, 0.25) is 5.91 Å². The number of benzene rings is 1. The summed E-state index contributed by atoms with van der Waals surface area (Å²) in [6, 6.07) is 5.12. The van der Waals surface area contributed by atoms with E-state index in [0.29, 0.717) is 18.7 Å². The van der Waals surface area contributed by atoms with Crippen LogP contribution in [-0.4, -0.2) is 19.0 Å². The zero-order valence-corrected chi connectivity index (χ0v) is 13.3. The van der Waals surface area contributed by atoms with Crippen molar-refractivity contribution in [1.82, 2.24) is 5.32 Å². The van der Waals surface area contributed by atoms with Crippen molar-refractivity contribution in [2.45, 2.75) is 38.3 Å². The first-order valence-corrected chi connectivity index (χ1v) is 6.98. The Bertz CT molecular complexity index is 466. The van der Waals surface area contributed by atoms with Crippen LogP contribution in [0.25, 0.3) is 0 Å². The molecule has 0 fully saturated rings. The summed E-state index contributed by atoms with van der Waals surface area (Å²) in [6.07, 6.45) is -2.55. The second-order valence-corrected chi connectivity index (χ2v) is 5.07. The predicted molar refractivity (Wildman–Crippen MR) is 83.0 cm³/mol. The van der Waals surface area contributed by atoms with Gasteiger partial charge in [0.1, 0.15) is 0 Å². The lowest BCUT2D eigenvalue weighted by Crippen LogP contribution is -2.26. The lowest BCUT2D eigenvalue weighted by Gasteiger charge is -2.14. The van der Waals surface area contributed by atoms with E-state index in [1.165, 1.54) is 6.07 Å². The molecule has 7 heteroatoms. The van der Waals surface area contributed by atoms with Crippen LogP contribution in [0.1, 0.15) is 43.2 Å². The van der Waals surface area contributed by atoms with Crippen LogP contribution in [0.4, 0.5) is 13.2 Å². The molecular weight excluding hydrogens is 317 g/mol. The van der Waals surface area contributed by atoms with Crippen molar-refractivity contribution in [3.63, 3.8) is 0 Å². The van der Waals surface area contributed by atoms with Gasteiger partial charge in [0.15, 0.2) is 0 Å². The molecule has 0 bridgehead atoms. The van der Waals surface area contributed by atoms with Crippen molar-refractivity contribution >= 4 is 18.3 Å². The molecule has 0 radical (unpaired) electrons. The number of carbonyl (C=O) groups is 1. The third-order valence-electron chi connectivity index (χ3n) is 3.23. The molecule has 0 aliphatic rings. The van der Waals surface area contributed by atoms with E-state index >= 15 is 0 Å². The first kappa shape index (κ1) is 20.7. The number of alkyl halides is 3. The number of nitrogens with two attached hydrogens (primary N) is 1. The molecule has 1 unspecified atom stereocenters. The first-order valence-electron chi connectivity index (χ1n) is 6.98. The van der Waals surface area contributed by atoms with Crippen LogP contribution in [0.5, 0.6) is 0 Å². The van der Waals surface area contributed by atoms with Gasteiger partial charge < -0.3 is 11.1 Å². The van der Waals surface area contributed by atoms with Crippen LogP contribution in [0.15, 0.2) is 24.3 Å². The van der Waals surface area contributed by atoms with Crippen molar-refractivity contribution in [2.75, 3.05) is 13.1 Å².